The van der Waals surface area contributed by atoms with Crippen molar-refractivity contribution in [2.24, 2.45) is 0 Å². The summed E-state index contributed by atoms with van der Waals surface area (Å²) in [6.07, 6.45) is -0.376. The summed E-state index contributed by atoms with van der Waals surface area (Å²) in [4.78, 5) is 2.44. The number of aliphatic hydroxyl groups is 1. The van der Waals surface area contributed by atoms with Gasteiger partial charge in [-0.1, -0.05) is 26.0 Å². The zero-order valence-electron chi connectivity index (χ0n) is 10.8. The van der Waals surface area contributed by atoms with Crippen molar-refractivity contribution in [2.45, 2.75) is 37.4 Å². The lowest BCUT2D eigenvalue weighted by Crippen LogP contribution is -2.40. The number of hydrogen-bond acceptors (Lipinski definition) is 3. The van der Waals surface area contributed by atoms with E-state index in [1.165, 1.54) is 5.69 Å². The molecule has 0 spiro atoms. The van der Waals surface area contributed by atoms with E-state index in [1.807, 2.05) is 12.1 Å². The number of rotatable bonds is 2. The molecule has 1 N–H and O–H groups in total. The maximum atomic E-state index is 9.49. The molecule has 2 nitrogen and oxygen atoms in total. The summed E-state index contributed by atoms with van der Waals surface area (Å²) in [7, 11) is 0. The van der Waals surface area contributed by atoms with Gasteiger partial charge in [0.05, 0.1) is 6.10 Å². The van der Waals surface area contributed by atoms with E-state index in [9.17, 15) is 5.11 Å². The standard InChI is InChI=1S/C14H21NOS/c1-10-8-15(9-11(2)17-10)14-6-4-13(5-7-14)12(3)16/h4-7,10-12,16H,8-9H2,1-3H3/t10?,11?,12-/m1/s1. The lowest BCUT2D eigenvalue weighted by Gasteiger charge is -2.36. The van der Waals surface area contributed by atoms with Crippen molar-refractivity contribution in [3.63, 3.8) is 0 Å². The molecule has 0 amide bonds. The van der Waals surface area contributed by atoms with E-state index < -0.39 is 0 Å². The van der Waals surface area contributed by atoms with E-state index >= 15 is 0 Å². The minimum Gasteiger partial charge on any atom is -0.389 e. The van der Waals surface area contributed by atoms with Gasteiger partial charge in [0.25, 0.3) is 0 Å². The van der Waals surface area contributed by atoms with Gasteiger partial charge in [-0.15, -0.1) is 0 Å². The molecular formula is C14H21NOS. The predicted octanol–water partition coefficient (Wildman–Crippen LogP) is 3.07. The van der Waals surface area contributed by atoms with Gasteiger partial charge in [0, 0.05) is 29.3 Å². The first-order valence-corrected chi connectivity index (χ1v) is 7.19. The molecule has 2 unspecified atom stereocenters. The molecule has 0 aromatic heterocycles. The number of anilines is 1. The normalized spacial score (nSPS) is 26.9. The Hall–Kier alpha value is -0.670. The van der Waals surface area contributed by atoms with Crippen LogP contribution in [0.4, 0.5) is 5.69 Å². The third-order valence-electron chi connectivity index (χ3n) is 3.16. The largest absolute Gasteiger partial charge is 0.389 e. The van der Waals surface area contributed by atoms with Gasteiger partial charge < -0.3 is 10.0 Å². The third-order valence-corrected chi connectivity index (χ3v) is 4.39. The Balaban J connectivity index is 2.11. The Morgan fingerprint density at radius 1 is 1.18 bits per heavy atom. The zero-order valence-corrected chi connectivity index (χ0v) is 11.6. The molecule has 1 aliphatic heterocycles. The lowest BCUT2D eigenvalue weighted by atomic mass is 10.1. The number of hydrogen-bond donors (Lipinski definition) is 1. The summed E-state index contributed by atoms with van der Waals surface area (Å²) < 4.78 is 0. The van der Waals surface area contributed by atoms with E-state index in [1.54, 1.807) is 6.92 Å². The maximum absolute atomic E-state index is 9.49. The minimum absolute atomic E-state index is 0.376. The summed E-state index contributed by atoms with van der Waals surface area (Å²) in [6, 6.07) is 8.29. The van der Waals surface area contributed by atoms with Crippen molar-refractivity contribution in [3.8, 4) is 0 Å². The van der Waals surface area contributed by atoms with E-state index in [4.69, 9.17) is 0 Å². The first-order valence-electron chi connectivity index (χ1n) is 6.24. The van der Waals surface area contributed by atoms with Crippen LogP contribution in [0.3, 0.4) is 0 Å². The second-order valence-electron chi connectivity index (χ2n) is 4.93. The maximum Gasteiger partial charge on any atom is 0.0761 e. The highest BCUT2D eigenvalue weighted by Gasteiger charge is 2.22. The molecule has 1 saturated heterocycles. The average Bonchev–Trinajstić information content (AvgIpc) is 2.28. The number of aliphatic hydroxyl groups excluding tert-OH is 1. The molecule has 0 radical (unpaired) electrons. The van der Waals surface area contributed by atoms with Crippen molar-refractivity contribution >= 4 is 17.4 Å². The van der Waals surface area contributed by atoms with E-state index in [0.717, 1.165) is 18.7 Å². The summed E-state index contributed by atoms with van der Waals surface area (Å²) in [5.74, 6) is 0. The minimum atomic E-state index is -0.376. The molecule has 2 rings (SSSR count). The SMILES string of the molecule is CC1CN(c2ccc([C@@H](C)O)cc2)CC(C)S1. The van der Waals surface area contributed by atoms with E-state index in [-0.39, 0.29) is 6.10 Å². The van der Waals surface area contributed by atoms with Gasteiger partial charge in [0.1, 0.15) is 0 Å². The zero-order chi connectivity index (χ0) is 12.4. The second-order valence-corrected chi connectivity index (χ2v) is 6.81. The first-order chi connectivity index (χ1) is 8.06. The molecule has 0 bridgehead atoms. The smallest absolute Gasteiger partial charge is 0.0761 e. The highest BCUT2D eigenvalue weighted by Crippen LogP contribution is 2.29. The van der Waals surface area contributed by atoms with Crippen molar-refractivity contribution in [3.05, 3.63) is 29.8 Å². The van der Waals surface area contributed by atoms with Crippen molar-refractivity contribution in [2.75, 3.05) is 18.0 Å². The van der Waals surface area contributed by atoms with Crippen molar-refractivity contribution < 1.29 is 5.11 Å². The Morgan fingerprint density at radius 3 is 2.18 bits per heavy atom. The Kier molecular flexibility index (Phi) is 4.00. The van der Waals surface area contributed by atoms with E-state index in [2.05, 4.69) is 42.6 Å². The number of nitrogens with zero attached hydrogens (tertiary/aromatic N) is 1. The van der Waals surface area contributed by atoms with Crippen LogP contribution < -0.4 is 4.90 Å². The lowest BCUT2D eigenvalue weighted by molar-refractivity contribution is 0.199. The third kappa shape index (κ3) is 3.17. The summed E-state index contributed by atoms with van der Waals surface area (Å²) in [6.45, 7) is 8.61. The fourth-order valence-corrected chi connectivity index (χ4v) is 3.68. The molecule has 17 heavy (non-hydrogen) atoms. The van der Waals surface area contributed by atoms with Crippen LogP contribution in [0.1, 0.15) is 32.4 Å². The second kappa shape index (κ2) is 5.32. The summed E-state index contributed by atoms with van der Waals surface area (Å²) in [5, 5.41) is 10.9. The molecule has 0 aliphatic carbocycles. The van der Waals surface area contributed by atoms with Crippen LogP contribution in [-0.2, 0) is 0 Å². The first kappa shape index (κ1) is 12.8. The Morgan fingerprint density at radius 2 is 1.71 bits per heavy atom. The topological polar surface area (TPSA) is 23.5 Å². The fraction of sp³-hybridized carbons (Fsp3) is 0.571. The molecule has 1 heterocycles. The molecule has 1 aromatic carbocycles. The quantitative estimate of drug-likeness (QED) is 0.874. The Bertz CT molecular complexity index is 353. The molecular weight excluding hydrogens is 230 g/mol. The van der Waals surface area contributed by atoms with Gasteiger partial charge in [-0.25, -0.2) is 0 Å². The molecule has 1 aromatic rings. The van der Waals surface area contributed by atoms with Crippen LogP contribution in [0.5, 0.6) is 0 Å². The average molecular weight is 251 g/mol. The van der Waals surface area contributed by atoms with Crippen LogP contribution in [0.2, 0.25) is 0 Å². The van der Waals surface area contributed by atoms with Crippen molar-refractivity contribution in [1.82, 2.24) is 0 Å². The van der Waals surface area contributed by atoms with Crippen LogP contribution >= 0.6 is 11.8 Å². The van der Waals surface area contributed by atoms with Gasteiger partial charge in [0.2, 0.25) is 0 Å². The van der Waals surface area contributed by atoms with Gasteiger partial charge in [-0.3, -0.25) is 0 Å². The highest BCUT2D eigenvalue weighted by atomic mass is 32.2. The van der Waals surface area contributed by atoms with Gasteiger partial charge in [0.15, 0.2) is 0 Å². The van der Waals surface area contributed by atoms with Crippen molar-refractivity contribution in [1.29, 1.82) is 0 Å². The molecule has 3 atom stereocenters. The van der Waals surface area contributed by atoms with Crippen LogP contribution in [-0.4, -0.2) is 28.7 Å². The summed E-state index contributed by atoms with van der Waals surface area (Å²) in [5.41, 5.74) is 2.26. The van der Waals surface area contributed by atoms with Gasteiger partial charge in [-0.05, 0) is 24.6 Å². The molecule has 0 saturated carbocycles. The van der Waals surface area contributed by atoms with Gasteiger partial charge >= 0.3 is 0 Å². The van der Waals surface area contributed by atoms with Gasteiger partial charge in [-0.2, -0.15) is 11.8 Å². The Labute approximate surface area is 108 Å². The van der Waals surface area contributed by atoms with E-state index in [0.29, 0.717) is 10.5 Å². The molecule has 3 heteroatoms. The molecule has 1 fully saturated rings. The predicted molar refractivity (Wildman–Crippen MR) is 75.8 cm³/mol. The monoisotopic (exact) mass is 251 g/mol. The fourth-order valence-electron chi connectivity index (χ4n) is 2.35. The number of benzene rings is 1. The molecule has 94 valence electrons. The van der Waals surface area contributed by atoms with Crippen LogP contribution in [0.25, 0.3) is 0 Å². The number of thioether (sulfide) groups is 1. The van der Waals surface area contributed by atoms with Crippen LogP contribution in [0.15, 0.2) is 24.3 Å². The highest BCUT2D eigenvalue weighted by molar-refractivity contribution is 8.00. The summed E-state index contributed by atoms with van der Waals surface area (Å²) >= 11 is 2.07. The molecule has 1 aliphatic rings. The van der Waals surface area contributed by atoms with Crippen LogP contribution in [0, 0.1) is 0 Å².